The number of hydrogen-bond acceptors (Lipinski definition) is 5. The molecule has 176 valence electrons. The SMILES string of the molecule is CCc1c(-n2cc(C(F)(F)F)cn2)cc(C(N)=O)nc1CNCc1ccnc(C(F)(F)F)c1. The number of nitrogens with two attached hydrogens (primary N) is 1. The van der Waals surface area contributed by atoms with Gasteiger partial charge in [0.05, 0.1) is 23.1 Å². The minimum Gasteiger partial charge on any atom is -0.364 e. The molecule has 3 aromatic heterocycles. The minimum absolute atomic E-state index is 0.00830. The van der Waals surface area contributed by atoms with E-state index >= 15 is 0 Å². The fourth-order valence-electron chi connectivity index (χ4n) is 3.14. The summed E-state index contributed by atoms with van der Waals surface area (Å²) in [4.78, 5) is 19.2. The molecule has 1 amide bonds. The molecular weight excluding hydrogens is 454 g/mol. The lowest BCUT2D eigenvalue weighted by molar-refractivity contribution is -0.141. The van der Waals surface area contributed by atoms with Crippen molar-refractivity contribution < 1.29 is 31.1 Å². The van der Waals surface area contributed by atoms with E-state index in [1.165, 1.54) is 12.1 Å². The molecule has 3 heterocycles. The predicted octanol–water partition coefficient (Wildman–Crippen LogP) is 3.65. The summed E-state index contributed by atoms with van der Waals surface area (Å²) in [5, 5.41) is 6.67. The van der Waals surface area contributed by atoms with Gasteiger partial charge < -0.3 is 11.1 Å². The topological polar surface area (TPSA) is 98.7 Å². The van der Waals surface area contributed by atoms with Crippen molar-refractivity contribution in [3.05, 3.63) is 70.6 Å². The molecule has 13 heteroatoms. The van der Waals surface area contributed by atoms with Crippen molar-refractivity contribution in [2.45, 2.75) is 38.8 Å². The zero-order chi connectivity index (χ0) is 24.4. The average Bonchev–Trinajstić information content (AvgIpc) is 3.23. The summed E-state index contributed by atoms with van der Waals surface area (Å²) >= 11 is 0. The van der Waals surface area contributed by atoms with Gasteiger partial charge in [-0.1, -0.05) is 6.92 Å². The highest BCUT2D eigenvalue weighted by Crippen LogP contribution is 2.30. The molecular formula is C20H18F6N6O. The lowest BCUT2D eigenvalue weighted by atomic mass is 10.1. The molecule has 3 N–H and O–H groups in total. The van der Waals surface area contributed by atoms with Crippen LogP contribution in [0.2, 0.25) is 0 Å². The fraction of sp³-hybridized carbons (Fsp3) is 0.300. The summed E-state index contributed by atoms with van der Waals surface area (Å²) in [6.07, 6.45) is -6.38. The Kier molecular flexibility index (Phi) is 6.72. The first-order valence-corrected chi connectivity index (χ1v) is 9.57. The maximum Gasteiger partial charge on any atom is 0.433 e. The smallest absolute Gasteiger partial charge is 0.364 e. The lowest BCUT2D eigenvalue weighted by Gasteiger charge is -2.15. The number of hydrogen-bond donors (Lipinski definition) is 2. The third-order valence-electron chi connectivity index (χ3n) is 4.69. The van der Waals surface area contributed by atoms with Gasteiger partial charge in [-0.3, -0.25) is 9.78 Å². The molecule has 7 nitrogen and oxygen atoms in total. The van der Waals surface area contributed by atoms with Crippen LogP contribution in [0, 0.1) is 0 Å². The van der Waals surface area contributed by atoms with Crippen LogP contribution in [-0.2, 0) is 31.9 Å². The molecule has 0 aliphatic heterocycles. The van der Waals surface area contributed by atoms with Gasteiger partial charge in [-0.25, -0.2) is 9.67 Å². The number of primary amides is 1. The van der Waals surface area contributed by atoms with Crippen LogP contribution in [-0.4, -0.2) is 25.7 Å². The van der Waals surface area contributed by atoms with Crippen molar-refractivity contribution in [3.8, 4) is 5.69 Å². The zero-order valence-electron chi connectivity index (χ0n) is 17.1. The van der Waals surface area contributed by atoms with Gasteiger partial charge in [-0.15, -0.1) is 0 Å². The number of amides is 1. The number of carbonyl (C=O) groups is 1. The maximum absolute atomic E-state index is 13.0. The highest BCUT2D eigenvalue weighted by Gasteiger charge is 2.33. The van der Waals surface area contributed by atoms with Crippen LogP contribution in [0.1, 0.15) is 45.5 Å². The lowest BCUT2D eigenvalue weighted by Crippen LogP contribution is -2.21. The van der Waals surface area contributed by atoms with Crippen molar-refractivity contribution in [2.24, 2.45) is 5.73 Å². The van der Waals surface area contributed by atoms with E-state index in [2.05, 4.69) is 20.4 Å². The van der Waals surface area contributed by atoms with Gasteiger partial charge in [-0.2, -0.15) is 31.4 Å². The van der Waals surface area contributed by atoms with Gasteiger partial charge >= 0.3 is 12.4 Å². The van der Waals surface area contributed by atoms with Crippen molar-refractivity contribution in [1.82, 2.24) is 25.1 Å². The maximum atomic E-state index is 13.0. The first kappa shape index (κ1) is 24.2. The Labute approximate surface area is 183 Å². The van der Waals surface area contributed by atoms with Gasteiger partial charge in [0, 0.05) is 31.0 Å². The van der Waals surface area contributed by atoms with E-state index < -0.39 is 29.5 Å². The monoisotopic (exact) mass is 472 g/mol. The van der Waals surface area contributed by atoms with Crippen LogP contribution in [0.3, 0.4) is 0 Å². The van der Waals surface area contributed by atoms with Crippen molar-refractivity contribution >= 4 is 5.91 Å². The summed E-state index contributed by atoms with van der Waals surface area (Å²) in [6, 6.07) is 3.55. The Balaban J connectivity index is 1.90. The van der Waals surface area contributed by atoms with Crippen LogP contribution in [0.25, 0.3) is 5.69 Å². The summed E-state index contributed by atoms with van der Waals surface area (Å²) in [5.74, 6) is -0.896. The number of nitrogens with one attached hydrogen (secondary N) is 1. The van der Waals surface area contributed by atoms with E-state index in [4.69, 9.17) is 5.73 Å². The summed E-state index contributed by atoms with van der Waals surface area (Å²) in [6.45, 7) is 1.77. The molecule has 0 saturated heterocycles. The second kappa shape index (κ2) is 9.17. The first-order valence-electron chi connectivity index (χ1n) is 9.57. The van der Waals surface area contributed by atoms with Crippen molar-refractivity contribution in [3.63, 3.8) is 0 Å². The number of alkyl halides is 6. The minimum atomic E-state index is -4.60. The molecule has 0 spiro atoms. The fourth-order valence-corrected chi connectivity index (χ4v) is 3.14. The van der Waals surface area contributed by atoms with Gasteiger partial charge in [0.15, 0.2) is 0 Å². The molecule has 0 aromatic carbocycles. The number of rotatable bonds is 7. The zero-order valence-corrected chi connectivity index (χ0v) is 17.1. The van der Waals surface area contributed by atoms with Gasteiger partial charge in [0.2, 0.25) is 0 Å². The molecule has 3 aromatic rings. The number of pyridine rings is 2. The van der Waals surface area contributed by atoms with Crippen LogP contribution < -0.4 is 11.1 Å². The van der Waals surface area contributed by atoms with E-state index in [0.717, 1.165) is 23.1 Å². The summed E-state index contributed by atoms with van der Waals surface area (Å²) in [7, 11) is 0. The molecule has 0 radical (unpaired) electrons. The van der Waals surface area contributed by atoms with Gasteiger partial charge in [0.25, 0.3) is 5.91 Å². The number of halogens is 6. The Morgan fingerprint density at radius 3 is 2.42 bits per heavy atom. The molecule has 33 heavy (non-hydrogen) atoms. The average molecular weight is 472 g/mol. The van der Waals surface area contributed by atoms with Gasteiger partial charge in [0.1, 0.15) is 11.4 Å². The predicted molar refractivity (Wildman–Crippen MR) is 104 cm³/mol. The highest BCUT2D eigenvalue weighted by atomic mass is 19.4. The molecule has 0 unspecified atom stereocenters. The first-order chi connectivity index (χ1) is 15.4. The molecule has 0 saturated carbocycles. The molecule has 0 aliphatic rings. The van der Waals surface area contributed by atoms with Crippen LogP contribution >= 0.6 is 0 Å². The summed E-state index contributed by atoms with van der Waals surface area (Å²) in [5.41, 5.74) is 4.43. The third-order valence-corrected chi connectivity index (χ3v) is 4.69. The van der Waals surface area contributed by atoms with Crippen molar-refractivity contribution in [2.75, 3.05) is 0 Å². The number of nitrogens with zero attached hydrogens (tertiary/aromatic N) is 4. The van der Waals surface area contributed by atoms with Crippen LogP contribution in [0.15, 0.2) is 36.8 Å². The second-order valence-corrected chi connectivity index (χ2v) is 6.99. The van der Waals surface area contributed by atoms with Gasteiger partial charge in [-0.05, 0) is 30.2 Å². The standard InChI is InChI=1S/C20H18F6N6O/c1-2-13-15(9-28-7-11-3-4-29-17(5-11)20(24,25)26)31-14(18(27)33)6-16(13)32-10-12(8-30-32)19(21,22)23/h3-6,8,10,28H,2,7,9H2,1H3,(H2,27,33). The Morgan fingerprint density at radius 2 is 1.85 bits per heavy atom. The highest BCUT2D eigenvalue weighted by molar-refractivity contribution is 5.91. The third kappa shape index (κ3) is 5.66. The van der Waals surface area contributed by atoms with E-state index in [9.17, 15) is 31.1 Å². The summed E-state index contributed by atoms with van der Waals surface area (Å²) < 4.78 is 78.5. The Hall–Kier alpha value is -3.48. The molecule has 0 bridgehead atoms. The van der Waals surface area contributed by atoms with E-state index in [-0.39, 0.29) is 24.5 Å². The van der Waals surface area contributed by atoms with Crippen molar-refractivity contribution in [1.29, 1.82) is 0 Å². The van der Waals surface area contributed by atoms with E-state index in [1.54, 1.807) is 6.92 Å². The van der Waals surface area contributed by atoms with E-state index in [0.29, 0.717) is 29.4 Å². The van der Waals surface area contributed by atoms with Crippen LogP contribution in [0.5, 0.6) is 0 Å². The van der Waals surface area contributed by atoms with E-state index in [1.807, 2.05) is 0 Å². The largest absolute Gasteiger partial charge is 0.433 e. The quantitative estimate of drug-likeness (QED) is 0.512. The molecule has 0 fully saturated rings. The second-order valence-electron chi connectivity index (χ2n) is 6.99. The molecule has 3 rings (SSSR count). The molecule has 0 aliphatic carbocycles. The Bertz CT molecular complexity index is 1150. The Morgan fingerprint density at radius 1 is 1.12 bits per heavy atom. The molecule has 0 atom stereocenters. The number of carbonyl (C=O) groups excluding carboxylic acids is 1. The number of aromatic nitrogens is 4. The van der Waals surface area contributed by atoms with Crippen LogP contribution in [0.4, 0.5) is 26.3 Å². The normalized spacial score (nSPS) is 12.2.